The van der Waals surface area contributed by atoms with E-state index in [4.69, 9.17) is 0 Å². The van der Waals surface area contributed by atoms with Gasteiger partial charge in [0.05, 0.1) is 11.7 Å². The molecule has 28 heavy (non-hydrogen) atoms. The van der Waals surface area contributed by atoms with Crippen molar-refractivity contribution in [3.05, 3.63) is 71.4 Å². The van der Waals surface area contributed by atoms with Crippen LogP contribution in [-0.4, -0.2) is 39.8 Å². The minimum absolute atomic E-state index is 0.133. The number of fused-ring (bicyclic) bond motifs is 1. The quantitative estimate of drug-likeness (QED) is 0.711. The van der Waals surface area contributed by atoms with E-state index in [0.717, 1.165) is 13.1 Å². The summed E-state index contributed by atoms with van der Waals surface area (Å²) in [5.41, 5.74) is 2.89. The van der Waals surface area contributed by atoms with Gasteiger partial charge in [-0.2, -0.15) is 0 Å². The summed E-state index contributed by atoms with van der Waals surface area (Å²) in [6.07, 6.45) is 4.31. The molecule has 1 aliphatic rings. The zero-order valence-electron chi connectivity index (χ0n) is 16.1. The van der Waals surface area contributed by atoms with Crippen LogP contribution >= 0.6 is 0 Å². The van der Waals surface area contributed by atoms with Crippen LogP contribution in [0.1, 0.15) is 47.6 Å². The van der Waals surface area contributed by atoms with Gasteiger partial charge in [-0.25, -0.2) is 9.37 Å². The van der Waals surface area contributed by atoms with E-state index < -0.39 is 0 Å². The number of imidazole rings is 1. The Morgan fingerprint density at radius 1 is 1.18 bits per heavy atom. The molecular formula is C22H25FN4O. The van der Waals surface area contributed by atoms with Crippen molar-refractivity contribution in [3.8, 4) is 0 Å². The van der Waals surface area contributed by atoms with Crippen molar-refractivity contribution in [3.63, 3.8) is 0 Å². The second-order valence-electron chi connectivity index (χ2n) is 7.22. The van der Waals surface area contributed by atoms with Crippen LogP contribution in [0.25, 0.3) is 5.65 Å². The van der Waals surface area contributed by atoms with Crippen molar-refractivity contribution < 1.29 is 9.18 Å². The normalized spacial score (nSPS) is 15.8. The first kappa shape index (κ1) is 18.6. The van der Waals surface area contributed by atoms with Gasteiger partial charge < -0.3 is 5.32 Å². The Bertz CT molecular complexity index is 963. The van der Waals surface area contributed by atoms with Gasteiger partial charge in [-0.05, 0) is 50.0 Å². The minimum atomic E-state index is -0.388. The van der Waals surface area contributed by atoms with Crippen molar-refractivity contribution in [2.75, 3.05) is 19.6 Å². The Hall–Kier alpha value is -2.73. The molecule has 0 aliphatic carbocycles. The Kier molecular flexibility index (Phi) is 5.39. The zero-order chi connectivity index (χ0) is 19.5. The molecule has 5 nitrogen and oxygen atoms in total. The molecule has 0 saturated carbocycles. The molecule has 0 radical (unpaired) electrons. The Balaban J connectivity index is 1.59. The van der Waals surface area contributed by atoms with Crippen LogP contribution in [0.5, 0.6) is 0 Å². The van der Waals surface area contributed by atoms with Gasteiger partial charge in [0, 0.05) is 12.7 Å². The predicted octanol–water partition coefficient (Wildman–Crippen LogP) is 3.60. The van der Waals surface area contributed by atoms with Crippen LogP contribution < -0.4 is 5.32 Å². The zero-order valence-corrected chi connectivity index (χ0v) is 16.1. The van der Waals surface area contributed by atoms with Crippen molar-refractivity contribution in [1.29, 1.82) is 0 Å². The Morgan fingerprint density at radius 3 is 2.64 bits per heavy atom. The van der Waals surface area contributed by atoms with Gasteiger partial charge in [-0.15, -0.1) is 0 Å². The number of hydrogen-bond acceptors (Lipinski definition) is 3. The molecule has 1 aromatic carbocycles. The number of nitrogens with zero attached hydrogens (tertiary/aromatic N) is 3. The fraction of sp³-hybridized carbons (Fsp3) is 0.364. The molecule has 1 N–H and O–H groups in total. The third kappa shape index (κ3) is 3.64. The SMILES string of the molecule is CCc1nc2ccc(F)cn2c1C(=O)NCC(c1ccccc1)N1CCCC1. The number of likely N-dealkylation sites (tertiary alicyclic amines) is 1. The highest BCUT2D eigenvalue weighted by atomic mass is 19.1. The van der Waals surface area contributed by atoms with E-state index in [2.05, 4.69) is 27.3 Å². The lowest BCUT2D eigenvalue weighted by molar-refractivity contribution is 0.0931. The fourth-order valence-electron chi connectivity index (χ4n) is 4.01. The van der Waals surface area contributed by atoms with Gasteiger partial charge in [0.1, 0.15) is 17.2 Å². The summed E-state index contributed by atoms with van der Waals surface area (Å²) in [6.45, 7) is 4.54. The Morgan fingerprint density at radius 2 is 1.93 bits per heavy atom. The second-order valence-corrected chi connectivity index (χ2v) is 7.22. The van der Waals surface area contributed by atoms with Crippen LogP contribution in [0.4, 0.5) is 4.39 Å². The number of aryl methyl sites for hydroxylation is 1. The van der Waals surface area contributed by atoms with Crippen molar-refractivity contribution in [2.45, 2.75) is 32.2 Å². The molecule has 2 aromatic heterocycles. The van der Waals surface area contributed by atoms with Crippen LogP contribution in [0.15, 0.2) is 48.7 Å². The molecule has 1 amide bonds. The number of carbonyl (C=O) groups is 1. The Labute approximate surface area is 164 Å². The number of nitrogens with one attached hydrogen (secondary N) is 1. The topological polar surface area (TPSA) is 49.6 Å². The standard InChI is InChI=1S/C22H25FN4O/c1-2-18-21(27-15-17(23)10-11-20(27)25-18)22(28)24-14-19(26-12-6-7-13-26)16-8-4-3-5-9-16/h3-5,8-11,15,19H,2,6-7,12-14H2,1H3,(H,24,28). The third-order valence-corrected chi connectivity index (χ3v) is 5.43. The number of aromatic nitrogens is 2. The first-order valence-electron chi connectivity index (χ1n) is 9.91. The average molecular weight is 380 g/mol. The number of halogens is 1. The van der Waals surface area contributed by atoms with Crippen LogP contribution in [0, 0.1) is 5.82 Å². The summed E-state index contributed by atoms with van der Waals surface area (Å²) in [7, 11) is 0. The van der Waals surface area contributed by atoms with Crippen LogP contribution in [0.2, 0.25) is 0 Å². The molecule has 1 aliphatic heterocycles. The maximum absolute atomic E-state index is 13.7. The number of hydrogen-bond donors (Lipinski definition) is 1. The van der Waals surface area contributed by atoms with E-state index >= 15 is 0 Å². The van der Waals surface area contributed by atoms with Gasteiger partial charge in [-0.1, -0.05) is 37.3 Å². The predicted molar refractivity (Wildman–Crippen MR) is 107 cm³/mol. The van der Waals surface area contributed by atoms with E-state index in [1.54, 1.807) is 10.5 Å². The van der Waals surface area contributed by atoms with Crippen molar-refractivity contribution in [1.82, 2.24) is 19.6 Å². The number of amides is 1. The largest absolute Gasteiger partial charge is 0.349 e. The van der Waals surface area contributed by atoms with E-state index in [1.807, 2.05) is 25.1 Å². The second kappa shape index (κ2) is 8.10. The molecule has 3 aromatic rings. The highest BCUT2D eigenvalue weighted by Crippen LogP contribution is 2.24. The monoisotopic (exact) mass is 380 g/mol. The maximum atomic E-state index is 13.7. The number of benzene rings is 1. The average Bonchev–Trinajstić information content (AvgIpc) is 3.36. The molecule has 4 rings (SSSR count). The van der Waals surface area contributed by atoms with Crippen LogP contribution in [-0.2, 0) is 6.42 Å². The van der Waals surface area contributed by atoms with Crippen molar-refractivity contribution in [2.24, 2.45) is 0 Å². The van der Waals surface area contributed by atoms with E-state index in [0.29, 0.717) is 30.0 Å². The molecule has 0 spiro atoms. The molecule has 3 heterocycles. The highest BCUT2D eigenvalue weighted by molar-refractivity contribution is 5.94. The maximum Gasteiger partial charge on any atom is 0.270 e. The lowest BCUT2D eigenvalue weighted by Crippen LogP contribution is -2.37. The molecule has 1 unspecified atom stereocenters. The highest BCUT2D eigenvalue weighted by Gasteiger charge is 2.25. The summed E-state index contributed by atoms with van der Waals surface area (Å²) in [5, 5.41) is 3.08. The molecule has 1 saturated heterocycles. The van der Waals surface area contributed by atoms with Gasteiger partial charge in [0.15, 0.2) is 0 Å². The number of rotatable bonds is 6. The van der Waals surface area contributed by atoms with E-state index in [1.165, 1.54) is 30.7 Å². The summed E-state index contributed by atoms with van der Waals surface area (Å²) < 4.78 is 15.3. The smallest absolute Gasteiger partial charge is 0.270 e. The molecular weight excluding hydrogens is 355 g/mol. The van der Waals surface area contributed by atoms with Gasteiger partial charge >= 0.3 is 0 Å². The third-order valence-electron chi connectivity index (χ3n) is 5.43. The van der Waals surface area contributed by atoms with Crippen LogP contribution in [0.3, 0.4) is 0 Å². The fourth-order valence-corrected chi connectivity index (χ4v) is 4.01. The molecule has 1 atom stereocenters. The summed E-state index contributed by atoms with van der Waals surface area (Å²) in [5.74, 6) is -0.601. The van der Waals surface area contributed by atoms with Gasteiger partial charge in [-0.3, -0.25) is 14.1 Å². The first-order valence-corrected chi connectivity index (χ1v) is 9.91. The van der Waals surface area contributed by atoms with E-state index in [9.17, 15) is 9.18 Å². The lowest BCUT2D eigenvalue weighted by Gasteiger charge is -2.28. The minimum Gasteiger partial charge on any atom is -0.349 e. The molecule has 1 fully saturated rings. The molecule has 6 heteroatoms. The number of carbonyl (C=O) groups excluding carboxylic acids is 1. The summed E-state index contributed by atoms with van der Waals surface area (Å²) >= 11 is 0. The van der Waals surface area contributed by atoms with Gasteiger partial charge in [0.25, 0.3) is 5.91 Å². The molecule has 0 bridgehead atoms. The summed E-state index contributed by atoms with van der Waals surface area (Å²) in [4.78, 5) is 20.0. The lowest BCUT2D eigenvalue weighted by atomic mass is 10.1. The van der Waals surface area contributed by atoms with Gasteiger partial charge in [0.2, 0.25) is 0 Å². The first-order chi connectivity index (χ1) is 13.7. The molecule has 146 valence electrons. The van der Waals surface area contributed by atoms with E-state index in [-0.39, 0.29) is 17.8 Å². The van der Waals surface area contributed by atoms with Crippen molar-refractivity contribution >= 4 is 11.6 Å². The number of pyridine rings is 1. The summed E-state index contributed by atoms with van der Waals surface area (Å²) in [6, 6.07) is 13.4.